The van der Waals surface area contributed by atoms with Gasteiger partial charge in [-0.1, -0.05) is 29.8 Å². The molecule has 4 nitrogen and oxygen atoms in total. The lowest BCUT2D eigenvalue weighted by molar-refractivity contribution is 0.651. The lowest BCUT2D eigenvalue weighted by atomic mass is 9.97. The first kappa shape index (κ1) is 12.7. The first-order valence-corrected chi connectivity index (χ1v) is 7.50. The number of nitrogens with zero attached hydrogens (tertiary/aromatic N) is 2. The topological polar surface area (TPSA) is 50.2 Å². The van der Waals surface area contributed by atoms with E-state index in [2.05, 4.69) is 10.1 Å². The summed E-state index contributed by atoms with van der Waals surface area (Å²) in [6.07, 6.45) is 3.89. The number of fused-ring (bicyclic) bond motifs is 2. The molecule has 0 spiro atoms. The van der Waals surface area contributed by atoms with Crippen molar-refractivity contribution in [1.29, 1.82) is 0 Å². The maximum atomic E-state index is 12.6. The second kappa shape index (κ2) is 4.74. The summed E-state index contributed by atoms with van der Waals surface area (Å²) in [6, 6.07) is 9.46. The van der Waals surface area contributed by atoms with Crippen LogP contribution in [0.25, 0.3) is 16.9 Å². The average Bonchev–Trinajstić information content (AvgIpc) is 2.92. The van der Waals surface area contributed by atoms with E-state index < -0.39 is 0 Å². The van der Waals surface area contributed by atoms with E-state index >= 15 is 0 Å². The Morgan fingerprint density at radius 2 is 2.00 bits per heavy atom. The molecule has 0 radical (unpaired) electrons. The number of aromatic nitrogens is 3. The molecule has 5 heteroatoms. The van der Waals surface area contributed by atoms with Crippen LogP contribution in [0.4, 0.5) is 0 Å². The monoisotopic (exact) mass is 299 g/mol. The zero-order valence-corrected chi connectivity index (χ0v) is 12.2. The molecular formula is C16H14ClN3O. The predicted octanol–water partition coefficient (Wildman–Crippen LogP) is 3.22. The maximum Gasteiger partial charge on any atom is 0.276 e. The number of H-pyrrole nitrogens is 1. The van der Waals surface area contributed by atoms with Crippen LogP contribution in [-0.4, -0.2) is 14.6 Å². The summed E-state index contributed by atoms with van der Waals surface area (Å²) in [5.41, 5.74) is 4.18. The number of rotatable bonds is 1. The molecule has 21 heavy (non-hydrogen) atoms. The summed E-state index contributed by atoms with van der Waals surface area (Å²) in [7, 11) is 0. The molecular weight excluding hydrogens is 286 g/mol. The summed E-state index contributed by atoms with van der Waals surface area (Å²) < 4.78 is 1.53. The van der Waals surface area contributed by atoms with Crippen molar-refractivity contribution in [3.8, 4) is 11.3 Å². The van der Waals surface area contributed by atoms with Crippen LogP contribution < -0.4 is 5.56 Å². The minimum atomic E-state index is 0.0213. The highest BCUT2D eigenvalue weighted by Gasteiger charge is 2.18. The molecule has 0 fully saturated rings. The summed E-state index contributed by atoms with van der Waals surface area (Å²) in [4.78, 5) is 17.2. The maximum absolute atomic E-state index is 12.6. The number of aryl methyl sites for hydroxylation is 1. The predicted molar refractivity (Wildman–Crippen MR) is 82.9 cm³/mol. The molecule has 0 atom stereocenters. The molecule has 2 aromatic heterocycles. The number of hydrogen-bond donors (Lipinski definition) is 1. The Hall–Kier alpha value is -2.07. The Balaban J connectivity index is 1.97. The van der Waals surface area contributed by atoms with E-state index in [1.807, 2.05) is 30.3 Å². The first-order valence-electron chi connectivity index (χ1n) is 7.12. The Kier molecular flexibility index (Phi) is 2.86. The Morgan fingerprint density at radius 1 is 1.19 bits per heavy atom. The van der Waals surface area contributed by atoms with Crippen LogP contribution in [0.2, 0.25) is 5.02 Å². The van der Waals surface area contributed by atoms with Gasteiger partial charge in [0.25, 0.3) is 5.56 Å². The average molecular weight is 300 g/mol. The van der Waals surface area contributed by atoms with Crippen molar-refractivity contribution in [3.63, 3.8) is 0 Å². The van der Waals surface area contributed by atoms with Crippen LogP contribution in [-0.2, 0) is 12.8 Å². The van der Waals surface area contributed by atoms with Crippen LogP contribution in [0.5, 0.6) is 0 Å². The van der Waals surface area contributed by atoms with Crippen LogP contribution in [0, 0.1) is 0 Å². The van der Waals surface area contributed by atoms with E-state index in [0.717, 1.165) is 48.2 Å². The van der Waals surface area contributed by atoms with Crippen molar-refractivity contribution < 1.29 is 0 Å². The number of aromatic amines is 1. The third kappa shape index (κ3) is 1.98. The molecule has 0 saturated heterocycles. The smallest absolute Gasteiger partial charge is 0.276 e. The molecule has 106 valence electrons. The Labute approximate surface area is 126 Å². The van der Waals surface area contributed by atoms with Gasteiger partial charge in [0.15, 0.2) is 5.65 Å². The zero-order chi connectivity index (χ0) is 14.4. The second-order valence-electron chi connectivity index (χ2n) is 5.39. The van der Waals surface area contributed by atoms with Crippen LogP contribution in [0.3, 0.4) is 0 Å². The van der Waals surface area contributed by atoms with Gasteiger partial charge in [0.1, 0.15) is 0 Å². The summed E-state index contributed by atoms with van der Waals surface area (Å²) in [5.74, 6) is 0. The lowest BCUT2D eigenvalue weighted by Gasteiger charge is -2.13. The fourth-order valence-electron chi connectivity index (χ4n) is 2.97. The minimum Gasteiger partial charge on any atom is -0.289 e. The molecule has 1 aliphatic rings. The molecule has 1 aromatic carbocycles. The molecule has 0 amide bonds. The molecule has 2 heterocycles. The molecule has 0 unspecified atom stereocenters. The second-order valence-corrected chi connectivity index (χ2v) is 5.80. The molecule has 0 aliphatic heterocycles. The zero-order valence-electron chi connectivity index (χ0n) is 11.4. The van der Waals surface area contributed by atoms with E-state index in [-0.39, 0.29) is 5.56 Å². The normalized spacial score (nSPS) is 14.3. The highest BCUT2D eigenvalue weighted by Crippen LogP contribution is 2.27. The summed E-state index contributed by atoms with van der Waals surface area (Å²) in [5, 5.41) is 3.78. The van der Waals surface area contributed by atoms with Gasteiger partial charge in [-0.25, -0.2) is 9.50 Å². The number of benzene rings is 1. The van der Waals surface area contributed by atoms with Crippen molar-refractivity contribution in [2.45, 2.75) is 25.7 Å². The first-order chi connectivity index (χ1) is 10.2. The van der Waals surface area contributed by atoms with Gasteiger partial charge in [0.05, 0.1) is 11.4 Å². The van der Waals surface area contributed by atoms with Crippen molar-refractivity contribution in [3.05, 3.63) is 57.0 Å². The van der Waals surface area contributed by atoms with Crippen LogP contribution >= 0.6 is 11.6 Å². The van der Waals surface area contributed by atoms with Gasteiger partial charge in [-0.3, -0.25) is 9.89 Å². The molecule has 0 saturated carbocycles. The van der Waals surface area contributed by atoms with E-state index in [1.54, 1.807) is 0 Å². The summed E-state index contributed by atoms with van der Waals surface area (Å²) in [6.45, 7) is 0. The number of halogens is 1. The minimum absolute atomic E-state index is 0.0213. The quantitative estimate of drug-likeness (QED) is 0.750. The van der Waals surface area contributed by atoms with Crippen molar-refractivity contribution in [1.82, 2.24) is 14.6 Å². The van der Waals surface area contributed by atoms with Gasteiger partial charge in [-0.2, -0.15) is 0 Å². The van der Waals surface area contributed by atoms with Gasteiger partial charge in [0, 0.05) is 22.2 Å². The van der Waals surface area contributed by atoms with E-state index in [1.165, 1.54) is 4.52 Å². The van der Waals surface area contributed by atoms with Gasteiger partial charge >= 0.3 is 0 Å². The van der Waals surface area contributed by atoms with Gasteiger partial charge in [0.2, 0.25) is 0 Å². The van der Waals surface area contributed by atoms with Crippen LogP contribution in [0.1, 0.15) is 24.1 Å². The SMILES string of the molecule is O=c1c2c(nc3cc(-c4ccccc4Cl)[nH]n13)CCCC2. The third-order valence-corrected chi connectivity index (χ3v) is 4.38. The van der Waals surface area contributed by atoms with Gasteiger partial charge < -0.3 is 0 Å². The standard InChI is InChI=1S/C16H14ClN3O/c17-12-7-3-1-5-10(12)14-9-15-18-13-8-4-2-6-11(13)16(21)20(15)19-14/h1,3,5,7,9,19H,2,4,6,8H2. The molecule has 0 bridgehead atoms. The Bertz CT molecular complexity index is 894. The molecule has 1 N–H and O–H groups in total. The summed E-state index contributed by atoms with van der Waals surface area (Å²) >= 11 is 6.23. The largest absolute Gasteiger partial charge is 0.289 e. The number of nitrogens with one attached hydrogen (secondary N) is 1. The highest BCUT2D eigenvalue weighted by atomic mass is 35.5. The Morgan fingerprint density at radius 3 is 2.86 bits per heavy atom. The lowest BCUT2D eigenvalue weighted by Crippen LogP contribution is -2.24. The number of hydrogen-bond acceptors (Lipinski definition) is 2. The third-order valence-electron chi connectivity index (χ3n) is 4.05. The highest BCUT2D eigenvalue weighted by molar-refractivity contribution is 6.33. The fourth-order valence-corrected chi connectivity index (χ4v) is 3.21. The van der Waals surface area contributed by atoms with Crippen LogP contribution in [0.15, 0.2) is 35.1 Å². The van der Waals surface area contributed by atoms with Crippen molar-refractivity contribution >= 4 is 17.2 Å². The molecule has 1 aliphatic carbocycles. The van der Waals surface area contributed by atoms with Crippen molar-refractivity contribution in [2.75, 3.05) is 0 Å². The van der Waals surface area contributed by atoms with E-state index in [0.29, 0.717) is 10.7 Å². The van der Waals surface area contributed by atoms with Crippen molar-refractivity contribution in [2.24, 2.45) is 0 Å². The molecule has 3 aromatic rings. The van der Waals surface area contributed by atoms with E-state index in [4.69, 9.17) is 11.6 Å². The fraction of sp³-hybridized carbons (Fsp3) is 0.250. The molecule has 4 rings (SSSR count). The van der Waals surface area contributed by atoms with Gasteiger partial charge in [-0.15, -0.1) is 0 Å². The van der Waals surface area contributed by atoms with Gasteiger partial charge in [-0.05, 0) is 31.7 Å². The van der Waals surface area contributed by atoms with E-state index in [9.17, 15) is 4.79 Å².